The van der Waals surface area contributed by atoms with Crippen LogP contribution in [-0.2, 0) is 11.3 Å². The van der Waals surface area contributed by atoms with Crippen LogP contribution in [0.15, 0.2) is 34.4 Å². The summed E-state index contributed by atoms with van der Waals surface area (Å²) < 4.78 is 1.66. The first kappa shape index (κ1) is 13.5. The second kappa shape index (κ2) is 5.84. The number of benzene rings is 1. The summed E-state index contributed by atoms with van der Waals surface area (Å²) in [5.74, 6) is -0.833. The van der Waals surface area contributed by atoms with Gasteiger partial charge >= 0.3 is 10.8 Å². The van der Waals surface area contributed by atoms with E-state index in [0.29, 0.717) is 13.0 Å². The van der Waals surface area contributed by atoms with E-state index in [2.05, 4.69) is 0 Å². The number of hydrogen-bond acceptors (Lipinski definition) is 3. The van der Waals surface area contributed by atoms with Gasteiger partial charge in [-0.1, -0.05) is 35.6 Å². The molecule has 19 heavy (non-hydrogen) atoms. The summed E-state index contributed by atoms with van der Waals surface area (Å²) in [5.41, 5.74) is 3.00. The van der Waals surface area contributed by atoms with Gasteiger partial charge in [0.25, 0.3) is 0 Å². The third-order valence-electron chi connectivity index (χ3n) is 2.98. The number of thiazole rings is 1. The second-order valence-corrected chi connectivity index (χ2v) is 5.17. The number of aliphatic carboxylic acids is 1. The van der Waals surface area contributed by atoms with E-state index in [1.807, 2.05) is 36.6 Å². The van der Waals surface area contributed by atoms with Crippen LogP contribution in [0.5, 0.6) is 0 Å². The zero-order chi connectivity index (χ0) is 13.8. The van der Waals surface area contributed by atoms with Gasteiger partial charge in [-0.25, -0.2) is 0 Å². The summed E-state index contributed by atoms with van der Waals surface area (Å²) in [6, 6.07) is 7.87. The largest absolute Gasteiger partial charge is 0.481 e. The number of hydrogen-bond donors (Lipinski definition) is 1. The average molecular weight is 277 g/mol. The maximum Gasteiger partial charge on any atom is 0.307 e. The van der Waals surface area contributed by atoms with Crippen molar-refractivity contribution in [2.75, 3.05) is 0 Å². The minimum absolute atomic E-state index is 0.0383. The smallest absolute Gasteiger partial charge is 0.307 e. The molecule has 0 spiro atoms. The number of carbonyl (C=O) groups is 1. The van der Waals surface area contributed by atoms with Gasteiger partial charge < -0.3 is 5.11 Å². The van der Waals surface area contributed by atoms with Crippen LogP contribution in [0.1, 0.15) is 18.4 Å². The Kier molecular flexibility index (Phi) is 4.16. The molecule has 0 saturated carbocycles. The molecule has 5 heteroatoms. The minimum atomic E-state index is -0.833. The van der Waals surface area contributed by atoms with Crippen LogP contribution in [0, 0.1) is 6.92 Å². The molecule has 0 aliphatic carbocycles. The molecule has 0 aliphatic rings. The number of aryl methyl sites for hydroxylation is 1. The standard InChI is InChI=1S/C14H15NO3S/c1-10-5-2-3-6-11(10)12-9-19-14(18)15(12)8-4-7-13(16)17/h2-3,5-6,9H,4,7-8H2,1H3,(H,16,17). The van der Waals surface area contributed by atoms with Gasteiger partial charge in [-0.05, 0) is 18.9 Å². The molecule has 2 aromatic rings. The van der Waals surface area contributed by atoms with Crippen molar-refractivity contribution in [3.05, 3.63) is 44.9 Å². The summed E-state index contributed by atoms with van der Waals surface area (Å²) in [5, 5.41) is 10.5. The maximum atomic E-state index is 11.8. The fourth-order valence-corrected chi connectivity index (χ4v) is 2.78. The molecule has 0 atom stereocenters. The molecule has 0 amide bonds. The third-order valence-corrected chi connectivity index (χ3v) is 3.74. The van der Waals surface area contributed by atoms with E-state index < -0.39 is 5.97 Å². The Balaban J connectivity index is 2.30. The number of carboxylic acids is 1. The lowest BCUT2D eigenvalue weighted by Gasteiger charge is -2.09. The van der Waals surface area contributed by atoms with Crippen LogP contribution in [0.2, 0.25) is 0 Å². The first-order chi connectivity index (χ1) is 9.09. The van der Waals surface area contributed by atoms with Crippen molar-refractivity contribution < 1.29 is 9.90 Å². The molecule has 0 unspecified atom stereocenters. The van der Waals surface area contributed by atoms with Gasteiger partial charge in [0.1, 0.15) is 0 Å². The SMILES string of the molecule is Cc1ccccc1-c1csc(=O)n1CCCC(=O)O. The lowest BCUT2D eigenvalue weighted by Crippen LogP contribution is -2.15. The van der Waals surface area contributed by atoms with Gasteiger partial charge in [-0.2, -0.15) is 0 Å². The quantitative estimate of drug-likeness (QED) is 0.914. The van der Waals surface area contributed by atoms with Crippen LogP contribution in [0.3, 0.4) is 0 Å². The molecule has 0 bridgehead atoms. The topological polar surface area (TPSA) is 59.3 Å². The van der Waals surface area contributed by atoms with Gasteiger partial charge in [0.15, 0.2) is 0 Å². The maximum absolute atomic E-state index is 11.8. The molecule has 0 radical (unpaired) electrons. The van der Waals surface area contributed by atoms with Crippen molar-refractivity contribution >= 4 is 17.3 Å². The van der Waals surface area contributed by atoms with Crippen molar-refractivity contribution in [1.82, 2.24) is 4.57 Å². The molecule has 1 aromatic carbocycles. The van der Waals surface area contributed by atoms with E-state index in [1.165, 1.54) is 0 Å². The highest BCUT2D eigenvalue weighted by Crippen LogP contribution is 2.23. The highest BCUT2D eigenvalue weighted by atomic mass is 32.1. The van der Waals surface area contributed by atoms with Crippen molar-refractivity contribution in [3.8, 4) is 11.3 Å². The lowest BCUT2D eigenvalue weighted by atomic mass is 10.1. The van der Waals surface area contributed by atoms with E-state index in [9.17, 15) is 9.59 Å². The predicted octanol–water partition coefficient (Wildman–Crippen LogP) is 2.75. The zero-order valence-corrected chi connectivity index (χ0v) is 11.4. The molecular weight excluding hydrogens is 262 g/mol. The van der Waals surface area contributed by atoms with Crippen LogP contribution in [0.4, 0.5) is 0 Å². The summed E-state index contributed by atoms with van der Waals surface area (Å²) in [6.45, 7) is 2.44. The number of carboxylic acid groups (broad SMARTS) is 1. The Morgan fingerprint density at radius 2 is 2.11 bits per heavy atom. The Bertz CT molecular complexity index is 642. The van der Waals surface area contributed by atoms with E-state index in [1.54, 1.807) is 4.57 Å². The predicted molar refractivity (Wildman–Crippen MR) is 75.6 cm³/mol. The Labute approximate surface area is 115 Å². The van der Waals surface area contributed by atoms with E-state index in [4.69, 9.17) is 5.11 Å². The molecule has 0 aliphatic heterocycles. The zero-order valence-electron chi connectivity index (χ0n) is 10.6. The molecule has 100 valence electrons. The summed E-state index contributed by atoms with van der Waals surface area (Å²) in [4.78, 5) is 22.3. The summed E-state index contributed by atoms with van der Waals surface area (Å²) >= 11 is 1.15. The van der Waals surface area contributed by atoms with E-state index in [0.717, 1.165) is 28.2 Å². The minimum Gasteiger partial charge on any atom is -0.481 e. The van der Waals surface area contributed by atoms with Crippen molar-refractivity contribution in [2.45, 2.75) is 26.3 Å². The van der Waals surface area contributed by atoms with Crippen LogP contribution in [-0.4, -0.2) is 15.6 Å². The molecular formula is C14H15NO3S. The van der Waals surface area contributed by atoms with Gasteiger partial charge in [0.2, 0.25) is 0 Å². The molecule has 0 saturated heterocycles. The normalized spacial score (nSPS) is 10.6. The molecule has 1 heterocycles. The monoisotopic (exact) mass is 277 g/mol. The van der Waals surface area contributed by atoms with Gasteiger partial charge in [0.05, 0.1) is 5.69 Å². The number of aromatic nitrogens is 1. The fourth-order valence-electron chi connectivity index (χ4n) is 2.00. The van der Waals surface area contributed by atoms with Crippen LogP contribution in [0.25, 0.3) is 11.3 Å². The highest BCUT2D eigenvalue weighted by molar-refractivity contribution is 7.07. The van der Waals surface area contributed by atoms with Gasteiger partial charge in [0, 0.05) is 23.9 Å². The van der Waals surface area contributed by atoms with Crippen LogP contribution >= 0.6 is 11.3 Å². The van der Waals surface area contributed by atoms with Crippen molar-refractivity contribution in [3.63, 3.8) is 0 Å². The molecule has 1 N–H and O–H groups in total. The average Bonchev–Trinajstić information content (AvgIpc) is 2.72. The Morgan fingerprint density at radius 1 is 1.37 bits per heavy atom. The molecule has 0 fully saturated rings. The molecule has 4 nitrogen and oxygen atoms in total. The fraction of sp³-hybridized carbons (Fsp3) is 0.286. The third kappa shape index (κ3) is 3.12. The van der Waals surface area contributed by atoms with Gasteiger partial charge in [-0.3, -0.25) is 14.2 Å². The first-order valence-corrected chi connectivity index (χ1v) is 6.93. The van der Waals surface area contributed by atoms with Crippen LogP contribution < -0.4 is 4.87 Å². The highest BCUT2D eigenvalue weighted by Gasteiger charge is 2.11. The van der Waals surface area contributed by atoms with Gasteiger partial charge in [-0.15, -0.1) is 0 Å². The number of rotatable bonds is 5. The second-order valence-electron chi connectivity index (χ2n) is 4.35. The molecule has 2 rings (SSSR count). The van der Waals surface area contributed by atoms with E-state index in [-0.39, 0.29) is 11.3 Å². The van der Waals surface area contributed by atoms with E-state index >= 15 is 0 Å². The molecule has 1 aromatic heterocycles. The first-order valence-electron chi connectivity index (χ1n) is 6.05. The lowest BCUT2D eigenvalue weighted by molar-refractivity contribution is -0.137. The summed E-state index contributed by atoms with van der Waals surface area (Å²) in [7, 11) is 0. The summed E-state index contributed by atoms with van der Waals surface area (Å²) in [6.07, 6.45) is 0.542. The Hall–Kier alpha value is -1.88. The van der Waals surface area contributed by atoms with Crippen molar-refractivity contribution in [2.24, 2.45) is 0 Å². The Morgan fingerprint density at radius 3 is 2.79 bits per heavy atom. The van der Waals surface area contributed by atoms with Crippen molar-refractivity contribution in [1.29, 1.82) is 0 Å². The number of nitrogens with zero attached hydrogens (tertiary/aromatic N) is 1.